The Balaban J connectivity index is 2.72. The van der Waals surface area contributed by atoms with Crippen molar-refractivity contribution in [3.05, 3.63) is 30.3 Å². The van der Waals surface area contributed by atoms with Crippen molar-refractivity contribution in [2.75, 3.05) is 13.3 Å². The van der Waals surface area contributed by atoms with Crippen molar-refractivity contribution in [2.45, 2.75) is 0 Å². The van der Waals surface area contributed by atoms with Gasteiger partial charge in [-0.2, -0.15) is 0 Å². The van der Waals surface area contributed by atoms with E-state index in [9.17, 15) is 9.36 Å². The van der Waals surface area contributed by atoms with Gasteiger partial charge in [-0.15, -0.1) is 0 Å². The third kappa shape index (κ3) is 3.03. The molecule has 0 amide bonds. The number of carbonyl (C=O) groups is 1. The maximum Gasteiger partial charge on any atom is 0.368 e. The molecule has 0 heterocycles. The number of benzene rings is 1. The summed E-state index contributed by atoms with van der Waals surface area (Å²) >= 11 is 0. The van der Waals surface area contributed by atoms with Gasteiger partial charge in [0.2, 0.25) is 0 Å². The van der Waals surface area contributed by atoms with Crippen molar-refractivity contribution in [3.63, 3.8) is 0 Å². The standard InChI is InChI=1S/C9H11O3P/c1-13(2,11)9(10)12-8-6-4-3-5-7-8/h3-7H,1-2H3. The Hall–Kier alpha value is -1.08. The second kappa shape index (κ2) is 3.75. The second-order valence-corrected chi connectivity index (χ2v) is 6.10. The van der Waals surface area contributed by atoms with E-state index in [2.05, 4.69) is 0 Å². The first-order valence-corrected chi connectivity index (χ1v) is 6.42. The number of hydrogen-bond acceptors (Lipinski definition) is 3. The summed E-state index contributed by atoms with van der Waals surface area (Å²) in [7, 11) is -2.78. The fourth-order valence-electron chi connectivity index (χ4n) is 0.699. The molecule has 1 aromatic rings. The van der Waals surface area contributed by atoms with Gasteiger partial charge in [0.1, 0.15) is 5.75 Å². The number of ether oxygens (including phenoxy) is 1. The maximum absolute atomic E-state index is 11.2. The molecule has 0 aliphatic heterocycles. The predicted octanol–water partition coefficient (Wildman–Crippen LogP) is 2.81. The fraction of sp³-hybridized carbons (Fsp3) is 0.222. The number of carbonyl (C=O) groups excluding carboxylic acids is 1. The van der Waals surface area contributed by atoms with E-state index in [-0.39, 0.29) is 0 Å². The minimum atomic E-state index is -2.78. The molecule has 0 spiro atoms. The quantitative estimate of drug-likeness (QED) is 0.686. The Morgan fingerprint density at radius 2 is 1.77 bits per heavy atom. The smallest absolute Gasteiger partial charge is 0.368 e. The van der Waals surface area contributed by atoms with Crippen molar-refractivity contribution < 1.29 is 14.1 Å². The molecule has 1 aromatic carbocycles. The van der Waals surface area contributed by atoms with Gasteiger partial charge >= 0.3 is 5.71 Å². The van der Waals surface area contributed by atoms with E-state index < -0.39 is 12.9 Å². The molecule has 0 bridgehead atoms. The molecular formula is C9H11O3P. The van der Waals surface area contributed by atoms with Crippen molar-refractivity contribution in [1.29, 1.82) is 0 Å². The molecule has 70 valence electrons. The average Bonchev–Trinajstić information content (AvgIpc) is 2.04. The highest BCUT2D eigenvalue weighted by atomic mass is 31.2. The topological polar surface area (TPSA) is 43.4 Å². The van der Waals surface area contributed by atoms with E-state index in [1.54, 1.807) is 24.3 Å². The zero-order valence-electron chi connectivity index (χ0n) is 7.56. The first kappa shape index (κ1) is 10.0. The average molecular weight is 198 g/mol. The molecule has 0 unspecified atom stereocenters. The van der Waals surface area contributed by atoms with Crippen molar-refractivity contribution >= 4 is 12.9 Å². The van der Waals surface area contributed by atoms with E-state index >= 15 is 0 Å². The van der Waals surface area contributed by atoms with Gasteiger partial charge in [0.05, 0.1) is 0 Å². The summed E-state index contributed by atoms with van der Waals surface area (Å²) in [5.74, 6) is 0.427. The van der Waals surface area contributed by atoms with Crippen LogP contribution in [0.1, 0.15) is 0 Å². The Kier molecular flexibility index (Phi) is 2.89. The van der Waals surface area contributed by atoms with E-state index in [1.165, 1.54) is 13.3 Å². The Labute approximate surface area is 77.1 Å². The SMILES string of the molecule is CP(C)(=O)C(=O)Oc1ccccc1. The summed E-state index contributed by atoms with van der Waals surface area (Å²) < 4.78 is 16.1. The van der Waals surface area contributed by atoms with Crippen molar-refractivity contribution in [1.82, 2.24) is 0 Å². The van der Waals surface area contributed by atoms with Gasteiger partial charge in [-0.25, -0.2) is 4.79 Å². The summed E-state index contributed by atoms with van der Waals surface area (Å²) in [6.45, 7) is 2.77. The van der Waals surface area contributed by atoms with Crippen LogP contribution in [0.25, 0.3) is 0 Å². The number of para-hydroxylation sites is 1. The van der Waals surface area contributed by atoms with Crippen molar-refractivity contribution in [2.24, 2.45) is 0 Å². The molecule has 13 heavy (non-hydrogen) atoms. The van der Waals surface area contributed by atoms with Crippen LogP contribution < -0.4 is 4.74 Å². The molecule has 4 heteroatoms. The minimum absolute atomic E-state index is 0.427. The van der Waals surface area contributed by atoms with Crippen LogP contribution in [0.15, 0.2) is 30.3 Å². The van der Waals surface area contributed by atoms with Crippen molar-refractivity contribution in [3.8, 4) is 5.75 Å². The highest BCUT2D eigenvalue weighted by molar-refractivity contribution is 7.78. The summed E-state index contributed by atoms with van der Waals surface area (Å²) in [6.07, 6.45) is 0. The summed E-state index contributed by atoms with van der Waals surface area (Å²) in [6, 6.07) is 8.60. The molecule has 0 aromatic heterocycles. The molecule has 1 rings (SSSR count). The normalized spacial score (nSPS) is 10.9. The summed E-state index contributed by atoms with van der Waals surface area (Å²) in [5.41, 5.74) is -0.654. The monoisotopic (exact) mass is 198 g/mol. The lowest BCUT2D eigenvalue weighted by Gasteiger charge is -2.06. The lowest BCUT2D eigenvalue weighted by Crippen LogP contribution is -2.04. The Morgan fingerprint density at radius 3 is 2.23 bits per heavy atom. The van der Waals surface area contributed by atoms with Crippen LogP contribution in [-0.4, -0.2) is 19.0 Å². The largest absolute Gasteiger partial charge is 0.421 e. The van der Waals surface area contributed by atoms with Crippen LogP contribution >= 0.6 is 7.14 Å². The van der Waals surface area contributed by atoms with Crippen LogP contribution in [0.4, 0.5) is 4.79 Å². The third-order valence-corrected chi connectivity index (χ3v) is 2.36. The van der Waals surface area contributed by atoms with Crippen LogP contribution in [0.3, 0.4) is 0 Å². The molecule has 0 N–H and O–H groups in total. The maximum atomic E-state index is 11.2. The summed E-state index contributed by atoms with van der Waals surface area (Å²) in [4.78, 5) is 11.1. The number of hydrogen-bond donors (Lipinski definition) is 0. The first-order valence-electron chi connectivity index (χ1n) is 3.82. The Morgan fingerprint density at radius 1 is 1.23 bits per heavy atom. The first-order chi connectivity index (χ1) is 6.00. The molecule has 0 fully saturated rings. The van der Waals surface area contributed by atoms with Gasteiger partial charge in [-0.1, -0.05) is 18.2 Å². The van der Waals surface area contributed by atoms with Gasteiger partial charge < -0.3 is 9.30 Å². The molecule has 0 radical (unpaired) electrons. The lowest BCUT2D eigenvalue weighted by molar-refractivity contribution is 0.224. The molecule has 0 atom stereocenters. The van der Waals surface area contributed by atoms with Gasteiger partial charge in [-0.05, 0) is 25.5 Å². The molecule has 3 nitrogen and oxygen atoms in total. The second-order valence-electron chi connectivity index (χ2n) is 3.03. The fourth-order valence-corrected chi connectivity index (χ4v) is 1.02. The molecule has 0 aliphatic rings. The van der Waals surface area contributed by atoms with E-state index in [1.807, 2.05) is 6.07 Å². The molecule has 0 saturated carbocycles. The van der Waals surface area contributed by atoms with Gasteiger partial charge in [0, 0.05) is 0 Å². The minimum Gasteiger partial charge on any atom is -0.421 e. The summed E-state index contributed by atoms with van der Waals surface area (Å²) in [5, 5.41) is 0. The van der Waals surface area contributed by atoms with E-state index in [0.29, 0.717) is 5.75 Å². The van der Waals surface area contributed by atoms with Crippen LogP contribution in [-0.2, 0) is 4.57 Å². The zero-order chi connectivity index (χ0) is 9.90. The molecule has 0 saturated heterocycles. The highest BCUT2D eigenvalue weighted by Crippen LogP contribution is 2.38. The lowest BCUT2D eigenvalue weighted by atomic mass is 10.3. The van der Waals surface area contributed by atoms with Crippen LogP contribution in [0, 0.1) is 0 Å². The van der Waals surface area contributed by atoms with Crippen LogP contribution in [0.2, 0.25) is 0 Å². The predicted molar refractivity (Wildman–Crippen MR) is 51.9 cm³/mol. The molecule has 0 aliphatic carbocycles. The van der Waals surface area contributed by atoms with Gasteiger partial charge in [0.15, 0.2) is 7.14 Å². The Bertz CT molecular complexity index is 339. The third-order valence-electron chi connectivity index (χ3n) is 1.39. The van der Waals surface area contributed by atoms with Crippen LogP contribution in [0.5, 0.6) is 5.75 Å². The van der Waals surface area contributed by atoms with E-state index in [4.69, 9.17) is 4.74 Å². The van der Waals surface area contributed by atoms with Gasteiger partial charge in [-0.3, -0.25) is 0 Å². The van der Waals surface area contributed by atoms with E-state index in [0.717, 1.165) is 0 Å². The van der Waals surface area contributed by atoms with Gasteiger partial charge in [0.25, 0.3) is 0 Å². The number of rotatable bonds is 2. The zero-order valence-corrected chi connectivity index (χ0v) is 8.45. The molecular weight excluding hydrogens is 187 g/mol. The highest BCUT2D eigenvalue weighted by Gasteiger charge is 2.21.